The highest BCUT2D eigenvalue weighted by Crippen LogP contribution is 2.29. The predicted octanol–water partition coefficient (Wildman–Crippen LogP) is 4.06. The van der Waals surface area contributed by atoms with E-state index in [2.05, 4.69) is 17.1 Å². The van der Waals surface area contributed by atoms with Gasteiger partial charge in [-0.15, -0.1) is 0 Å². The van der Waals surface area contributed by atoms with Crippen LogP contribution in [0.1, 0.15) is 45.8 Å². The van der Waals surface area contributed by atoms with Crippen molar-refractivity contribution in [2.75, 3.05) is 19.7 Å². The van der Waals surface area contributed by atoms with Crippen LogP contribution in [0.5, 0.6) is 0 Å². The molecule has 1 N–H and O–H groups in total. The summed E-state index contributed by atoms with van der Waals surface area (Å²) >= 11 is 12.1. The molecule has 1 amide bonds. The first-order chi connectivity index (χ1) is 11.2. The molecule has 1 saturated heterocycles. The largest absolute Gasteiger partial charge is 0.371 e. The minimum atomic E-state index is -0.204. The zero-order valence-corrected chi connectivity index (χ0v) is 16.2. The summed E-state index contributed by atoms with van der Waals surface area (Å²) < 4.78 is 5.87. The summed E-state index contributed by atoms with van der Waals surface area (Å²) in [6, 6.07) is 5.34. The second kappa shape index (κ2) is 8.05. The molecule has 1 aromatic rings. The third-order valence-corrected chi connectivity index (χ3v) is 5.42. The molecule has 1 heterocycles. The van der Waals surface area contributed by atoms with Gasteiger partial charge in [0.2, 0.25) is 5.91 Å². The van der Waals surface area contributed by atoms with Crippen LogP contribution in [0.15, 0.2) is 18.2 Å². The van der Waals surface area contributed by atoms with Gasteiger partial charge in [0, 0.05) is 18.6 Å². The molecule has 1 fully saturated rings. The molecule has 2 unspecified atom stereocenters. The number of ether oxygens (including phenoxy) is 1. The summed E-state index contributed by atoms with van der Waals surface area (Å²) in [6.07, 6.45) is 0.781. The Labute approximate surface area is 154 Å². The van der Waals surface area contributed by atoms with E-state index in [0.717, 1.165) is 18.5 Å². The highest BCUT2D eigenvalue weighted by atomic mass is 35.5. The van der Waals surface area contributed by atoms with E-state index in [0.29, 0.717) is 23.2 Å². The Kier molecular flexibility index (Phi) is 6.54. The number of benzene rings is 1. The summed E-state index contributed by atoms with van der Waals surface area (Å²) in [4.78, 5) is 14.7. The number of morpholine rings is 1. The van der Waals surface area contributed by atoms with Crippen LogP contribution in [0.3, 0.4) is 0 Å². The summed E-state index contributed by atoms with van der Waals surface area (Å²) in [5.74, 6) is 0.0524. The highest BCUT2D eigenvalue weighted by molar-refractivity contribution is 6.42. The molecule has 2 atom stereocenters. The van der Waals surface area contributed by atoms with Gasteiger partial charge in [0.1, 0.15) is 0 Å². The molecule has 2 rings (SSSR count). The van der Waals surface area contributed by atoms with Gasteiger partial charge in [-0.05, 0) is 44.9 Å². The minimum absolute atomic E-state index is 0.0524. The van der Waals surface area contributed by atoms with Gasteiger partial charge in [-0.2, -0.15) is 0 Å². The fourth-order valence-corrected chi connectivity index (χ4v) is 2.93. The van der Waals surface area contributed by atoms with Gasteiger partial charge in [0.05, 0.1) is 28.8 Å². The molecule has 134 valence electrons. The van der Waals surface area contributed by atoms with Crippen LogP contribution in [0.4, 0.5) is 0 Å². The lowest BCUT2D eigenvalue weighted by atomic mass is 10.0. The van der Waals surface area contributed by atoms with Crippen molar-refractivity contribution < 1.29 is 9.53 Å². The standard InChI is InChI=1S/C18H26Cl2N2O2/c1-5-18(3,4)21-17(23)12(2)22-8-9-24-16(11-22)13-6-7-14(19)15(20)10-13/h6-7,10,12,16H,5,8-9,11H2,1-4H3,(H,21,23). The summed E-state index contributed by atoms with van der Waals surface area (Å²) in [7, 11) is 0. The second-order valence-electron chi connectivity index (χ2n) is 6.93. The molecule has 0 spiro atoms. The predicted molar refractivity (Wildman–Crippen MR) is 98.7 cm³/mol. The van der Waals surface area contributed by atoms with Crippen molar-refractivity contribution in [3.8, 4) is 0 Å². The summed E-state index contributed by atoms with van der Waals surface area (Å²) in [5.41, 5.74) is 0.788. The Hall–Kier alpha value is -0.810. The Balaban J connectivity index is 2.04. The van der Waals surface area contributed by atoms with Gasteiger partial charge in [0.15, 0.2) is 0 Å². The average Bonchev–Trinajstić information content (AvgIpc) is 2.56. The van der Waals surface area contributed by atoms with Crippen molar-refractivity contribution in [1.29, 1.82) is 0 Å². The van der Waals surface area contributed by atoms with Crippen molar-refractivity contribution in [3.05, 3.63) is 33.8 Å². The summed E-state index contributed by atoms with van der Waals surface area (Å²) in [6.45, 7) is 10.1. The van der Waals surface area contributed by atoms with Crippen LogP contribution in [0.25, 0.3) is 0 Å². The van der Waals surface area contributed by atoms with Crippen molar-refractivity contribution in [1.82, 2.24) is 10.2 Å². The molecular weight excluding hydrogens is 347 g/mol. The molecular formula is C18H26Cl2N2O2. The van der Waals surface area contributed by atoms with Crippen LogP contribution in [0.2, 0.25) is 10.0 Å². The number of amides is 1. The lowest BCUT2D eigenvalue weighted by Gasteiger charge is -2.37. The molecule has 1 aliphatic rings. The van der Waals surface area contributed by atoms with Crippen LogP contribution < -0.4 is 5.32 Å². The molecule has 6 heteroatoms. The molecule has 24 heavy (non-hydrogen) atoms. The number of carbonyl (C=O) groups excluding carboxylic acids is 1. The zero-order chi connectivity index (χ0) is 17.9. The molecule has 0 radical (unpaired) electrons. The van der Waals surface area contributed by atoms with Crippen molar-refractivity contribution in [2.24, 2.45) is 0 Å². The number of rotatable bonds is 5. The third kappa shape index (κ3) is 4.85. The van der Waals surface area contributed by atoms with E-state index < -0.39 is 0 Å². The number of halogens is 2. The lowest BCUT2D eigenvalue weighted by Crippen LogP contribution is -2.54. The molecule has 0 bridgehead atoms. The Morgan fingerprint density at radius 3 is 2.75 bits per heavy atom. The van der Waals surface area contributed by atoms with E-state index >= 15 is 0 Å². The maximum absolute atomic E-state index is 12.5. The van der Waals surface area contributed by atoms with E-state index in [1.54, 1.807) is 6.07 Å². The number of carbonyl (C=O) groups is 1. The average molecular weight is 373 g/mol. The summed E-state index contributed by atoms with van der Waals surface area (Å²) in [5, 5.41) is 4.16. The highest BCUT2D eigenvalue weighted by Gasteiger charge is 2.30. The number of hydrogen-bond donors (Lipinski definition) is 1. The lowest BCUT2D eigenvalue weighted by molar-refractivity contribution is -0.131. The van der Waals surface area contributed by atoms with Gasteiger partial charge in [-0.1, -0.05) is 36.2 Å². The number of hydrogen-bond acceptors (Lipinski definition) is 3. The molecule has 0 aliphatic carbocycles. The molecule has 1 aromatic carbocycles. The zero-order valence-electron chi connectivity index (χ0n) is 14.7. The van der Waals surface area contributed by atoms with Crippen molar-refractivity contribution >= 4 is 29.1 Å². The fourth-order valence-electron chi connectivity index (χ4n) is 2.63. The van der Waals surface area contributed by atoms with Crippen molar-refractivity contribution in [3.63, 3.8) is 0 Å². The van der Waals surface area contributed by atoms with E-state index in [9.17, 15) is 4.79 Å². The van der Waals surface area contributed by atoms with E-state index in [4.69, 9.17) is 27.9 Å². The smallest absolute Gasteiger partial charge is 0.237 e. The number of nitrogens with zero attached hydrogens (tertiary/aromatic N) is 1. The molecule has 0 saturated carbocycles. The van der Waals surface area contributed by atoms with E-state index in [1.807, 2.05) is 32.9 Å². The SMILES string of the molecule is CCC(C)(C)NC(=O)C(C)N1CCOC(c2ccc(Cl)c(Cl)c2)C1. The van der Waals surface area contributed by atoms with Crippen molar-refractivity contribution in [2.45, 2.75) is 51.8 Å². The Bertz CT molecular complexity index is 592. The second-order valence-corrected chi connectivity index (χ2v) is 7.74. The molecule has 0 aromatic heterocycles. The van der Waals surface area contributed by atoms with Gasteiger partial charge in [-0.25, -0.2) is 0 Å². The van der Waals surface area contributed by atoms with Gasteiger partial charge < -0.3 is 10.1 Å². The first-order valence-corrected chi connectivity index (χ1v) is 9.11. The van der Waals surface area contributed by atoms with Crippen LogP contribution in [-0.2, 0) is 9.53 Å². The van der Waals surface area contributed by atoms with E-state index in [1.165, 1.54) is 0 Å². The molecule has 4 nitrogen and oxygen atoms in total. The van der Waals surface area contributed by atoms with Gasteiger partial charge >= 0.3 is 0 Å². The van der Waals surface area contributed by atoms with Crippen LogP contribution in [0, 0.1) is 0 Å². The van der Waals surface area contributed by atoms with Gasteiger partial charge in [0.25, 0.3) is 0 Å². The quantitative estimate of drug-likeness (QED) is 0.846. The Morgan fingerprint density at radius 1 is 1.42 bits per heavy atom. The molecule has 1 aliphatic heterocycles. The fraction of sp³-hybridized carbons (Fsp3) is 0.611. The van der Waals surface area contributed by atoms with Gasteiger partial charge in [-0.3, -0.25) is 9.69 Å². The van der Waals surface area contributed by atoms with Crippen LogP contribution in [-0.4, -0.2) is 42.1 Å². The Morgan fingerprint density at radius 2 is 2.12 bits per heavy atom. The topological polar surface area (TPSA) is 41.6 Å². The first-order valence-electron chi connectivity index (χ1n) is 8.36. The maximum atomic E-state index is 12.5. The minimum Gasteiger partial charge on any atom is -0.371 e. The first kappa shape index (κ1) is 19.5. The number of nitrogens with one attached hydrogen (secondary N) is 1. The monoisotopic (exact) mass is 372 g/mol. The third-order valence-electron chi connectivity index (χ3n) is 4.69. The maximum Gasteiger partial charge on any atom is 0.237 e. The van der Waals surface area contributed by atoms with E-state index in [-0.39, 0.29) is 23.6 Å². The van der Waals surface area contributed by atoms with Crippen LogP contribution >= 0.6 is 23.2 Å². The normalized spacial score (nSPS) is 20.7.